The molecule has 1 fully saturated rings. The second kappa shape index (κ2) is 8.00. The molecule has 4 rings (SSSR count). The van der Waals surface area contributed by atoms with Gasteiger partial charge in [-0.1, -0.05) is 28.1 Å². The predicted octanol–water partition coefficient (Wildman–Crippen LogP) is 0.228. The summed E-state index contributed by atoms with van der Waals surface area (Å²) in [5, 5.41) is 34.1. The summed E-state index contributed by atoms with van der Waals surface area (Å²) in [6.45, 7) is -0.455. The summed E-state index contributed by atoms with van der Waals surface area (Å²) in [7, 11) is 0. The van der Waals surface area contributed by atoms with Crippen molar-refractivity contribution in [1.29, 1.82) is 0 Å². The van der Waals surface area contributed by atoms with Crippen molar-refractivity contribution in [1.82, 2.24) is 19.5 Å². The molecule has 0 spiro atoms. The van der Waals surface area contributed by atoms with E-state index in [9.17, 15) is 15.3 Å². The monoisotopic (exact) mass is 463 g/mol. The van der Waals surface area contributed by atoms with E-state index in [1.807, 2.05) is 24.3 Å². The number of aromatic nitrogens is 4. The lowest BCUT2D eigenvalue weighted by Gasteiger charge is -2.18. The standard InChI is InChI=1S/C17H18BrN7O4/c18-9-3-1-8(2-4-9)5-22-24-17-23-11-14(19)20-7-21-15(11)25(17)16-13(28)12(27)10(6-26)29-16/h1-5,7,10,12-13,16,26-28H,6H2,(H,23,24)(H2,19,20,21)/t10-,12-,13+,16-/m1/s1. The largest absolute Gasteiger partial charge is 0.394 e. The van der Waals surface area contributed by atoms with Crippen LogP contribution in [0.4, 0.5) is 11.8 Å². The van der Waals surface area contributed by atoms with E-state index in [0.717, 1.165) is 10.0 Å². The van der Waals surface area contributed by atoms with Gasteiger partial charge >= 0.3 is 0 Å². The lowest BCUT2D eigenvalue weighted by Crippen LogP contribution is -2.33. The molecule has 4 atom stereocenters. The molecular weight excluding hydrogens is 446 g/mol. The van der Waals surface area contributed by atoms with Gasteiger partial charge in [-0.15, -0.1) is 0 Å². The van der Waals surface area contributed by atoms with E-state index in [0.29, 0.717) is 0 Å². The van der Waals surface area contributed by atoms with E-state index in [-0.39, 0.29) is 22.9 Å². The smallest absolute Gasteiger partial charge is 0.228 e. The highest BCUT2D eigenvalue weighted by Gasteiger charge is 2.45. The Hall–Kier alpha value is -2.64. The lowest BCUT2D eigenvalue weighted by atomic mass is 10.1. The lowest BCUT2D eigenvalue weighted by molar-refractivity contribution is -0.0501. The van der Waals surface area contributed by atoms with Gasteiger partial charge in [0.15, 0.2) is 23.2 Å². The van der Waals surface area contributed by atoms with Crippen molar-refractivity contribution in [3.63, 3.8) is 0 Å². The van der Waals surface area contributed by atoms with E-state index in [2.05, 4.69) is 41.4 Å². The molecule has 2 aromatic heterocycles. The molecule has 0 bridgehead atoms. The van der Waals surface area contributed by atoms with Crippen molar-refractivity contribution in [3.05, 3.63) is 40.6 Å². The molecule has 3 heterocycles. The molecule has 1 aliphatic rings. The number of anilines is 2. The molecule has 6 N–H and O–H groups in total. The minimum absolute atomic E-state index is 0.139. The number of nitrogens with one attached hydrogen (secondary N) is 1. The fraction of sp³-hybridized carbons (Fsp3) is 0.294. The Morgan fingerprint density at radius 1 is 1.24 bits per heavy atom. The zero-order chi connectivity index (χ0) is 20.5. The molecule has 0 saturated carbocycles. The summed E-state index contributed by atoms with van der Waals surface area (Å²) in [6.07, 6.45) is -1.77. The number of rotatable bonds is 5. The maximum absolute atomic E-state index is 10.4. The summed E-state index contributed by atoms with van der Waals surface area (Å²) in [4.78, 5) is 12.4. The number of hydrogen-bond donors (Lipinski definition) is 5. The number of halogens is 1. The van der Waals surface area contributed by atoms with Gasteiger partial charge in [-0.2, -0.15) is 5.10 Å². The number of nitrogens with zero attached hydrogens (tertiary/aromatic N) is 5. The van der Waals surface area contributed by atoms with Crippen molar-refractivity contribution >= 4 is 45.1 Å². The molecular formula is C17H18BrN7O4. The van der Waals surface area contributed by atoms with Gasteiger partial charge in [0.25, 0.3) is 0 Å². The number of nitrogens with two attached hydrogens (primary N) is 1. The Balaban J connectivity index is 1.71. The Labute approximate surface area is 173 Å². The number of ether oxygens (including phenoxy) is 1. The molecule has 1 aliphatic heterocycles. The molecule has 0 unspecified atom stereocenters. The minimum Gasteiger partial charge on any atom is -0.394 e. The quantitative estimate of drug-likeness (QED) is 0.263. The third-order valence-electron chi connectivity index (χ3n) is 4.53. The SMILES string of the molecule is Nc1ncnc2c1nc(NN=Cc1ccc(Br)cc1)n2[C@@H]1O[C@H](CO)[C@@H](O)[C@@H]1O. The van der Waals surface area contributed by atoms with Gasteiger partial charge < -0.3 is 25.8 Å². The van der Waals surface area contributed by atoms with Crippen molar-refractivity contribution < 1.29 is 20.1 Å². The first-order valence-corrected chi connectivity index (χ1v) is 9.44. The third-order valence-corrected chi connectivity index (χ3v) is 5.05. The normalized spacial score (nSPS) is 24.6. The Morgan fingerprint density at radius 3 is 2.69 bits per heavy atom. The number of nitrogen functional groups attached to an aromatic ring is 1. The maximum atomic E-state index is 10.4. The zero-order valence-electron chi connectivity index (χ0n) is 14.9. The van der Waals surface area contributed by atoms with Crippen molar-refractivity contribution in [2.24, 2.45) is 5.10 Å². The van der Waals surface area contributed by atoms with Crippen LogP contribution in [0.15, 0.2) is 40.2 Å². The fourth-order valence-corrected chi connectivity index (χ4v) is 3.32. The average Bonchev–Trinajstić information content (AvgIpc) is 3.22. The Morgan fingerprint density at radius 2 is 2.00 bits per heavy atom. The van der Waals surface area contributed by atoms with Crippen LogP contribution in [-0.2, 0) is 4.74 Å². The van der Waals surface area contributed by atoms with Crippen LogP contribution in [0.3, 0.4) is 0 Å². The third kappa shape index (κ3) is 3.68. The van der Waals surface area contributed by atoms with Gasteiger partial charge in [0.05, 0.1) is 12.8 Å². The summed E-state index contributed by atoms with van der Waals surface area (Å²) in [5.41, 5.74) is 10.1. The second-order valence-corrected chi connectivity index (χ2v) is 7.30. The summed E-state index contributed by atoms with van der Waals surface area (Å²) < 4.78 is 7.99. The van der Waals surface area contributed by atoms with E-state index >= 15 is 0 Å². The molecule has 29 heavy (non-hydrogen) atoms. The first kappa shape index (κ1) is 19.7. The molecule has 1 aromatic carbocycles. The molecule has 0 radical (unpaired) electrons. The van der Waals surface area contributed by atoms with E-state index in [1.165, 1.54) is 10.9 Å². The zero-order valence-corrected chi connectivity index (χ0v) is 16.5. The van der Waals surface area contributed by atoms with Gasteiger partial charge in [-0.3, -0.25) is 4.57 Å². The van der Waals surface area contributed by atoms with Gasteiger partial charge in [-0.05, 0) is 17.7 Å². The predicted molar refractivity (Wildman–Crippen MR) is 108 cm³/mol. The highest BCUT2D eigenvalue weighted by Crippen LogP contribution is 2.35. The summed E-state index contributed by atoms with van der Waals surface area (Å²) in [6, 6.07) is 7.50. The molecule has 12 heteroatoms. The first-order chi connectivity index (χ1) is 14.0. The number of aliphatic hydroxyl groups excluding tert-OH is 3. The number of aliphatic hydroxyl groups is 3. The molecule has 11 nitrogen and oxygen atoms in total. The highest BCUT2D eigenvalue weighted by molar-refractivity contribution is 9.10. The van der Waals surface area contributed by atoms with Crippen LogP contribution < -0.4 is 11.2 Å². The number of benzene rings is 1. The van der Waals surface area contributed by atoms with Gasteiger partial charge in [0.1, 0.15) is 24.6 Å². The van der Waals surface area contributed by atoms with E-state index in [1.54, 1.807) is 6.21 Å². The first-order valence-electron chi connectivity index (χ1n) is 8.65. The van der Waals surface area contributed by atoms with E-state index < -0.39 is 31.1 Å². The van der Waals surface area contributed by atoms with Crippen molar-refractivity contribution in [2.75, 3.05) is 17.8 Å². The summed E-state index contributed by atoms with van der Waals surface area (Å²) >= 11 is 3.37. The van der Waals surface area contributed by atoms with Gasteiger partial charge in [0.2, 0.25) is 5.95 Å². The van der Waals surface area contributed by atoms with Crippen molar-refractivity contribution in [2.45, 2.75) is 24.5 Å². The molecule has 152 valence electrons. The second-order valence-electron chi connectivity index (χ2n) is 6.39. The minimum atomic E-state index is -1.32. The van der Waals surface area contributed by atoms with Crippen LogP contribution in [-0.4, -0.2) is 66.0 Å². The Bertz CT molecular complexity index is 1040. The van der Waals surface area contributed by atoms with Crippen LogP contribution in [0.2, 0.25) is 0 Å². The maximum Gasteiger partial charge on any atom is 0.228 e. The van der Waals surface area contributed by atoms with Crippen LogP contribution in [0.25, 0.3) is 11.2 Å². The number of hydrogen-bond acceptors (Lipinski definition) is 10. The van der Waals surface area contributed by atoms with E-state index in [4.69, 9.17) is 10.5 Å². The number of fused-ring (bicyclic) bond motifs is 1. The van der Waals surface area contributed by atoms with Gasteiger partial charge in [0, 0.05) is 4.47 Å². The average molecular weight is 464 g/mol. The molecule has 0 aliphatic carbocycles. The van der Waals surface area contributed by atoms with Crippen LogP contribution >= 0.6 is 15.9 Å². The summed E-state index contributed by atoms with van der Waals surface area (Å²) in [5.74, 6) is 0.316. The number of imidazole rings is 1. The van der Waals surface area contributed by atoms with Crippen molar-refractivity contribution in [3.8, 4) is 0 Å². The van der Waals surface area contributed by atoms with Crippen LogP contribution in [0.5, 0.6) is 0 Å². The molecule has 3 aromatic rings. The fourth-order valence-electron chi connectivity index (χ4n) is 3.05. The van der Waals surface area contributed by atoms with Crippen LogP contribution in [0, 0.1) is 0 Å². The highest BCUT2D eigenvalue weighted by atomic mass is 79.9. The topological polar surface area (TPSA) is 164 Å². The van der Waals surface area contributed by atoms with Crippen LogP contribution in [0.1, 0.15) is 11.8 Å². The van der Waals surface area contributed by atoms with Gasteiger partial charge in [-0.25, -0.2) is 20.4 Å². The molecule has 0 amide bonds. The Kier molecular flexibility index (Phi) is 5.43. The number of hydrazone groups is 1. The molecule has 1 saturated heterocycles.